The highest BCUT2D eigenvalue weighted by molar-refractivity contribution is 5.92. The molecule has 6 heteroatoms. The molecule has 3 aromatic rings. The van der Waals surface area contributed by atoms with Gasteiger partial charge in [-0.25, -0.2) is 0 Å². The summed E-state index contributed by atoms with van der Waals surface area (Å²) in [6.07, 6.45) is 1.54. The average Bonchev–Trinajstić information content (AvgIpc) is 3.41. The third-order valence-corrected chi connectivity index (χ3v) is 4.65. The minimum absolute atomic E-state index is 0.214. The molecular formula is C22H22N2O4. The second-order valence-electron chi connectivity index (χ2n) is 6.85. The number of hydrogen-bond donors (Lipinski definition) is 1. The lowest BCUT2D eigenvalue weighted by Crippen LogP contribution is -2.29. The molecule has 1 aliphatic rings. The fourth-order valence-electron chi connectivity index (χ4n) is 3.08. The molecule has 144 valence electrons. The van der Waals surface area contributed by atoms with E-state index in [0.29, 0.717) is 36.9 Å². The van der Waals surface area contributed by atoms with Gasteiger partial charge in [-0.3, -0.25) is 4.79 Å². The highest BCUT2D eigenvalue weighted by Gasteiger charge is 2.18. The maximum Gasteiger partial charge on any atom is 0.273 e. The van der Waals surface area contributed by atoms with Gasteiger partial charge in [0.05, 0.1) is 6.61 Å². The second kappa shape index (κ2) is 8.71. The summed E-state index contributed by atoms with van der Waals surface area (Å²) in [5, 5.41) is 6.78. The molecule has 0 spiro atoms. The van der Waals surface area contributed by atoms with Gasteiger partial charge in [-0.2, -0.15) is 0 Å². The van der Waals surface area contributed by atoms with Gasteiger partial charge in [0, 0.05) is 31.6 Å². The lowest BCUT2D eigenvalue weighted by Gasteiger charge is -2.07. The predicted molar refractivity (Wildman–Crippen MR) is 104 cm³/mol. The largest absolute Gasteiger partial charge is 0.457 e. The zero-order chi connectivity index (χ0) is 19.2. The van der Waals surface area contributed by atoms with E-state index in [1.54, 1.807) is 6.07 Å². The smallest absolute Gasteiger partial charge is 0.273 e. The van der Waals surface area contributed by atoms with Crippen molar-refractivity contribution < 1.29 is 18.8 Å². The Hall–Kier alpha value is -3.12. The average molecular weight is 378 g/mol. The molecule has 1 fully saturated rings. The van der Waals surface area contributed by atoms with Crippen molar-refractivity contribution in [3.05, 3.63) is 77.7 Å². The summed E-state index contributed by atoms with van der Waals surface area (Å²) in [6.45, 7) is 2.07. The van der Waals surface area contributed by atoms with Crippen LogP contribution in [0.25, 0.3) is 0 Å². The number of aromatic nitrogens is 1. The minimum Gasteiger partial charge on any atom is -0.457 e. The Bertz CT molecular complexity index is 900. The van der Waals surface area contributed by atoms with Crippen molar-refractivity contribution in [2.24, 2.45) is 5.92 Å². The predicted octanol–water partition coefficient (Wildman–Crippen LogP) is 3.82. The molecule has 1 saturated heterocycles. The highest BCUT2D eigenvalue weighted by Crippen LogP contribution is 2.22. The molecule has 1 aromatic heterocycles. The van der Waals surface area contributed by atoms with Crippen LogP contribution in [0.2, 0.25) is 0 Å². The third kappa shape index (κ3) is 4.78. The van der Waals surface area contributed by atoms with Crippen molar-refractivity contribution in [1.82, 2.24) is 10.5 Å². The number of amides is 1. The highest BCUT2D eigenvalue weighted by atomic mass is 16.5. The lowest BCUT2D eigenvalue weighted by molar-refractivity contribution is 0.0936. The summed E-state index contributed by atoms with van der Waals surface area (Å²) in [6, 6.07) is 19.1. The molecule has 28 heavy (non-hydrogen) atoms. The first-order valence-electron chi connectivity index (χ1n) is 9.39. The van der Waals surface area contributed by atoms with Crippen LogP contribution in [-0.4, -0.2) is 30.8 Å². The summed E-state index contributed by atoms with van der Waals surface area (Å²) in [5.41, 5.74) is 1.35. The van der Waals surface area contributed by atoms with Crippen LogP contribution in [0.1, 0.15) is 28.2 Å². The fraction of sp³-hybridized carbons (Fsp3) is 0.273. The Morgan fingerprint density at radius 3 is 2.64 bits per heavy atom. The summed E-state index contributed by atoms with van der Waals surface area (Å²) in [5.74, 6) is 2.38. The first-order valence-corrected chi connectivity index (χ1v) is 9.39. The number of carbonyl (C=O) groups is 1. The SMILES string of the molecule is O=C(NCC1CCOC1)c1cc(Cc2ccc(Oc3ccccc3)cc2)on1. The molecule has 4 rings (SSSR count). The zero-order valence-corrected chi connectivity index (χ0v) is 15.5. The van der Waals surface area contributed by atoms with E-state index in [0.717, 1.165) is 30.1 Å². The summed E-state index contributed by atoms with van der Waals surface area (Å²) >= 11 is 0. The van der Waals surface area contributed by atoms with Crippen molar-refractivity contribution in [2.45, 2.75) is 12.8 Å². The van der Waals surface area contributed by atoms with E-state index in [-0.39, 0.29) is 5.91 Å². The Morgan fingerprint density at radius 2 is 1.89 bits per heavy atom. The first kappa shape index (κ1) is 18.3. The molecular weight excluding hydrogens is 356 g/mol. The van der Waals surface area contributed by atoms with Gasteiger partial charge < -0.3 is 19.3 Å². The van der Waals surface area contributed by atoms with E-state index in [4.69, 9.17) is 14.0 Å². The van der Waals surface area contributed by atoms with Gasteiger partial charge in [-0.05, 0) is 36.2 Å². The van der Waals surface area contributed by atoms with Crippen LogP contribution in [0.15, 0.2) is 65.2 Å². The lowest BCUT2D eigenvalue weighted by atomic mass is 10.1. The number of rotatable bonds is 7. The molecule has 6 nitrogen and oxygen atoms in total. The van der Waals surface area contributed by atoms with Crippen molar-refractivity contribution in [3.8, 4) is 11.5 Å². The summed E-state index contributed by atoms with van der Waals surface area (Å²) in [4.78, 5) is 12.2. The number of benzene rings is 2. The molecule has 0 aliphatic carbocycles. The van der Waals surface area contributed by atoms with Crippen molar-refractivity contribution in [1.29, 1.82) is 0 Å². The van der Waals surface area contributed by atoms with Crippen molar-refractivity contribution in [2.75, 3.05) is 19.8 Å². The van der Waals surface area contributed by atoms with Crippen LogP contribution in [-0.2, 0) is 11.2 Å². The minimum atomic E-state index is -0.214. The number of ether oxygens (including phenoxy) is 2. The molecule has 2 heterocycles. The molecule has 1 atom stereocenters. The number of carbonyl (C=O) groups excluding carboxylic acids is 1. The van der Waals surface area contributed by atoms with E-state index in [9.17, 15) is 4.79 Å². The second-order valence-corrected chi connectivity index (χ2v) is 6.85. The quantitative estimate of drug-likeness (QED) is 0.676. The number of nitrogens with zero attached hydrogens (tertiary/aromatic N) is 1. The standard InChI is InChI=1S/C22H22N2O4/c25-22(23-14-17-10-11-26-15-17)21-13-20(28-24-21)12-16-6-8-19(9-7-16)27-18-4-2-1-3-5-18/h1-9,13,17H,10-12,14-15H2,(H,23,25). The Kier molecular flexibility index (Phi) is 5.68. The van der Waals surface area contributed by atoms with Gasteiger partial charge in [0.25, 0.3) is 5.91 Å². The van der Waals surface area contributed by atoms with Gasteiger partial charge in [0.2, 0.25) is 0 Å². The monoisotopic (exact) mass is 378 g/mol. The molecule has 2 aromatic carbocycles. The molecule has 1 aliphatic heterocycles. The van der Waals surface area contributed by atoms with Gasteiger partial charge in [0.1, 0.15) is 17.3 Å². The van der Waals surface area contributed by atoms with E-state index in [1.165, 1.54) is 0 Å². The first-order chi connectivity index (χ1) is 13.8. The molecule has 0 saturated carbocycles. The van der Waals surface area contributed by atoms with Crippen molar-refractivity contribution >= 4 is 5.91 Å². The van der Waals surface area contributed by atoms with Crippen LogP contribution in [0, 0.1) is 5.92 Å². The summed E-state index contributed by atoms with van der Waals surface area (Å²) < 4.78 is 16.4. The Labute approximate surface area is 163 Å². The van der Waals surface area contributed by atoms with E-state index >= 15 is 0 Å². The zero-order valence-electron chi connectivity index (χ0n) is 15.5. The normalized spacial score (nSPS) is 16.1. The van der Waals surface area contributed by atoms with E-state index < -0.39 is 0 Å². The number of nitrogens with one attached hydrogen (secondary N) is 1. The van der Waals surface area contributed by atoms with Crippen LogP contribution in [0.5, 0.6) is 11.5 Å². The van der Waals surface area contributed by atoms with Gasteiger partial charge >= 0.3 is 0 Å². The molecule has 1 N–H and O–H groups in total. The molecule has 1 amide bonds. The van der Waals surface area contributed by atoms with Gasteiger partial charge in [-0.1, -0.05) is 35.5 Å². The van der Waals surface area contributed by atoms with Crippen molar-refractivity contribution in [3.63, 3.8) is 0 Å². The fourth-order valence-corrected chi connectivity index (χ4v) is 3.08. The maximum atomic E-state index is 12.2. The van der Waals surface area contributed by atoms with Gasteiger partial charge in [-0.15, -0.1) is 0 Å². The maximum absolute atomic E-state index is 12.2. The van der Waals surface area contributed by atoms with E-state index in [1.807, 2.05) is 54.6 Å². The number of para-hydroxylation sites is 1. The number of hydrogen-bond acceptors (Lipinski definition) is 5. The molecule has 0 radical (unpaired) electrons. The van der Waals surface area contributed by atoms with Crippen LogP contribution in [0.4, 0.5) is 0 Å². The van der Waals surface area contributed by atoms with Crippen LogP contribution in [0.3, 0.4) is 0 Å². The Balaban J connectivity index is 1.31. The van der Waals surface area contributed by atoms with Crippen LogP contribution >= 0.6 is 0 Å². The summed E-state index contributed by atoms with van der Waals surface area (Å²) in [7, 11) is 0. The topological polar surface area (TPSA) is 73.6 Å². The molecule has 0 bridgehead atoms. The van der Waals surface area contributed by atoms with Crippen LogP contribution < -0.4 is 10.1 Å². The van der Waals surface area contributed by atoms with Gasteiger partial charge in [0.15, 0.2) is 5.69 Å². The van der Waals surface area contributed by atoms with E-state index in [2.05, 4.69) is 10.5 Å². The third-order valence-electron chi connectivity index (χ3n) is 4.65. The Morgan fingerprint density at radius 1 is 1.11 bits per heavy atom. The molecule has 1 unspecified atom stereocenters.